The average Bonchev–Trinajstić information content (AvgIpc) is 2.57. The molecule has 1 aromatic heterocycles. The van der Waals surface area contributed by atoms with Crippen molar-refractivity contribution < 1.29 is 14.3 Å². The number of carboxylic acid groups (broad SMARTS) is 1. The van der Waals surface area contributed by atoms with Gasteiger partial charge in [-0.2, -0.15) is 0 Å². The van der Waals surface area contributed by atoms with Crippen molar-refractivity contribution in [1.29, 1.82) is 0 Å². The number of carbonyl (C=O) groups is 1. The van der Waals surface area contributed by atoms with E-state index in [1.807, 2.05) is 13.0 Å². The Morgan fingerprint density at radius 3 is 3.00 bits per heavy atom. The first-order chi connectivity index (χ1) is 6.24. The van der Waals surface area contributed by atoms with Crippen LogP contribution in [0.15, 0.2) is 23.0 Å². The lowest BCUT2D eigenvalue weighted by atomic mass is 10.3. The Balaban J connectivity index is 2.36. The van der Waals surface area contributed by atoms with Gasteiger partial charge in [0.1, 0.15) is 5.25 Å². The van der Waals surface area contributed by atoms with Crippen LogP contribution in [0.25, 0.3) is 0 Å². The van der Waals surface area contributed by atoms with Crippen LogP contribution in [0.3, 0.4) is 0 Å². The Kier molecular flexibility index (Phi) is 3.89. The number of carboxylic acids is 1. The van der Waals surface area contributed by atoms with E-state index in [1.54, 1.807) is 12.5 Å². The third-order valence-electron chi connectivity index (χ3n) is 1.68. The van der Waals surface area contributed by atoms with Gasteiger partial charge in [0.25, 0.3) is 0 Å². The van der Waals surface area contributed by atoms with Gasteiger partial charge in [-0.3, -0.25) is 4.79 Å². The first-order valence-corrected chi connectivity index (χ1v) is 5.14. The quantitative estimate of drug-likeness (QED) is 0.792. The fraction of sp³-hybridized carbons (Fsp3) is 0.444. The van der Waals surface area contributed by atoms with E-state index in [1.165, 1.54) is 11.8 Å². The molecule has 1 rings (SSSR count). The highest BCUT2D eigenvalue weighted by Crippen LogP contribution is 2.20. The molecular formula is C9H12O3S. The van der Waals surface area contributed by atoms with E-state index < -0.39 is 5.97 Å². The average molecular weight is 200 g/mol. The number of thioether (sulfide) groups is 1. The zero-order valence-corrected chi connectivity index (χ0v) is 8.21. The van der Waals surface area contributed by atoms with Gasteiger partial charge in [0.2, 0.25) is 0 Å². The molecule has 1 atom stereocenters. The molecule has 0 saturated heterocycles. The van der Waals surface area contributed by atoms with Crippen LogP contribution in [0.2, 0.25) is 0 Å². The molecule has 3 nitrogen and oxygen atoms in total. The molecule has 72 valence electrons. The van der Waals surface area contributed by atoms with Crippen LogP contribution in [0.5, 0.6) is 0 Å². The van der Waals surface area contributed by atoms with Crippen molar-refractivity contribution >= 4 is 17.7 Å². The second-order valence-electron chi connectivity index (χ2n) is 2.68. The van der Waals surface area contributed by atoms with E-state index in [-0.39, 0.29) is 5.25 Å². The van der Waals surface area contributed by atoms with E-state index in [2.05, 4.69) is 0 Å². The monoisotopic (exact) mass is 200 g/mol. The lowest BCUT2D eigenvalue weighted by Crippen LogP contribution is -2.14. The highest BCUT2D eigenvalue weighted by atomic mass is 32.2. The van der Waals surface area contributed by atoms with Crippen molar-refractivity contribution in [3.8, 4) is 0 Å². The molecule has 1 aromatic rings. The molecule has 0 saturated carbocycles. The maximum absolute atomic E-state index is 10.6. The standard InChI is InChI=1S/C9H12O3S/c1-2-8(9(10)11)13-6-7-3-4-12-5-7/h3-5,8H,2,6H2,1H3,(H,10,11). The summed E-state index contributed by atoms with van der Waals surface area (Å²) in [5, 5.41) is 8.45. The molecule has 1 unspecified atom stereocenters. The van der Waals surface area contributed by atoms with Crippen molar-refractivity contribution in [1.82, 2.24) is 0 Å². The summed E-state index contributed by atoms with van der Waals surface area (Å²) in [6.45, 7) is 1.88. The molecule has 0 aliphatic rings. The SMILES string of the molecule is CCC(SCc1ccoc1)C(=O)O. The molecule has 0 radical (unpaired) electrons. The van der Waals surface area contributed by atoms with Crippen LogP contribution in [0.4, 0.5) is 0 Å². The summed E-state index contributed by atoms with van der Waals surface area (Å²) < 4.78 is 4.88. The third-order valence-corrected chi connectivity index (χ3v) is 3.11. The fourth-order valence-corrected chi connectivity index (χ4v) is 1.87. The predicted octanol–water partition coefficient (Wildman–Crippen LogP) is 2.38. The van der Waals surface area contributed by atoms with Crippen LogP contribution >= 0.6 is 11.8 Å². The summed E-state index contributed by atoms with van der Waals surface area (Å²) >= 11 is 1.43. The minimum Gasteiger partial charge on any atom is -0.480 e. The van der Waals surface area contributed by atoms with Gasteiger partial charge in [-0.1, -0.05) is 6.92 Å². The van der Waals surface area contributed by atoms with E-state index in [4.69, 9.17) is 9.52 Å². The molecule has 1 N–H and O–H groups in total. The number of aliphatic carboxylic acids is 1. The number of hydrogen-bond donors (Lipinski definition) is 1. The van der Waals surface area contributed by atoms with Gasteiger partial charge in [-0.15, -0.1) is 11.8 Å². The summed E-state index contributed by atoms with van der Waals surface area (Å²) in [6, 6.07) is 1.85. The van der Waals surface area contributed by atoms with Gasteiger partial charge >= 0.3 is 5.97 Å². The van der Waals surface area contributed by atoms with Crippen LogP contribution in [0, 0.1) is 0 Å². The van der Waals surface area contributed by atoms with Crippen LogP contribution in [-0.4, -0.2) is 16.3 Å². The second kappa shape index (κ2) is 4.97. The van der Waals surface area contributed by atoms with Gasteiger partial charge in [-0.05, 0) is 12.5 Å². The van der Waals surface area contributed by atoms with Gasteiger partial charge in [0.15, 0.2) is 0 Å². The predicted molar refractivity (Wildman–Crippen MR) is 51.7 cm³/mol. The minimum atomic E-state index is -0.740. The van der Waals surface area contributed by atoms with Crippen LogP contribution in [0.1, 0.15) is 18.9 Å². The highest BCUT2D eigenvalue weighted by Gasteiger charge is 2.15. The number of hydrogen-bond acceptors (Lipinski definition) is 3. The maximum Gasteiger partial charge on any atom is 0.316 e. The smallest absolute Gasteiger partial charge is 0.316 e. The Hall–Kier alpha value is -0.900. The molecule has 1 heterocycles. The number of rotatable bonds is 5. The molecule has 0 bridgehead atoms. The molecular weight excluding hydrogens is 188 g/mol. The largest absolute Gasteiger partial charge is 0.480 e. The van der Waals surface area contributed by atoms with Crippen molar-refractivity contribution in [2.45, 2.75) is 24.3 Å². The molecule has 0 aliphatic heterocycles. The van der Waals surface area contributed by atoms with Crippen molar-refractivity contribution in [3.63, 3.8) is 0 Å². The fourth-order valence-electron chi connectivity index (χ4n) is 0.935. The lowest BCUT2D eigenvalue weighted by Gasteiger charge is -2.07. The van der Waals surface area contributed by atoms with E-state index in [9.17, 15) is 4.79 Å². The van der Waals surface area contributed by atoms with Gasteiger partial charge in [0.05, 0.1) is 12.5 Å². The van der Waals surface area contributed by atoms with Crippen molar-refractivity contribution in [2.75, 3.05) is 0 Å². The molecule has 13 heavy (non-hydrogen) atoms. The zero-order valence-electron chi connectivity index (χ0n) is 7.40. The van der Waals surface area contributed by atoms with E-state index in [0.717, 1.165) is 5.56 Å². The first kappa shape index (κ1) is 10.2. The summed E-state index contributed by atoms with van der Waals surface area (Å²) in [7, 11) is 0. The van der Waals surface area contributed by atoms with Gasteiger partial charge < -0.3 is 9.52 Å². The summed E-state index contributed by atoms with van der Waals surface area (Å²) in [4.78, 5) is 10.6. The Labute approximate surface area is 81.1 Å². The Morgan fingerprint density at radius 2 is 2.54 bits per heavy atom. The molecule has 0 aromatic carbocycles. The second-order valence-corrected chi connectivity index (χ2v) is 3.87. The normalized spacial score (nSPS) is 12.7. The van der Waals surface area contributed by atoms with Gasteiger partial charge in [0, 0.05) is 11.3 Å². The Morgan fingerprint density at radius 1 is 1.77 bits per heavy atom. The first-order valence-electron chi connectivity index (χ1n) is 4.09. The highest BCUT2D eigenvalue weighted by molar-refractivity contribution is 7.99. The summed E-state index contributed by atoms with van der Waals surface area (Å²) in [5.74, 6) is -0.0441. The van der Waals surface area contributed by atoms with Crippen molar-refractivity contribution in [2.24, 2.45) is 0 Å². The summed E-state index contributed by atoms with van der Waals surface area (Å²) in [6.07, 6.45) is 3.89. The van der Waals surface area contributed by atoms with Crippen LogP contribution < -0.4 is 0 Å². The molecule has 0 aliphatic carbocycles. The summed E-state index contributed by atoms with van der Waals surface area (Å²) in [5.41, 5.74) is 1.03. The molecule has 0 amide bonds. The number of furan rings is 1. The van der Waals surface area contributed by atoms with E-state index >= 15 is 0 Å². The molecule has 0 spiro atoms. The molecule has 0 fully saturated rings. The lowest BCUT2D eigenvalue weighted by molar-refractivity contribution is -0.136. The third kappa shape index (κ3) is 3.14. The zero-order chi connectivity index (χ0) is 9.68. The van der Waals surface area contributed by atoms with Gasteiger partial charge in [-0.25, -0.2) is 0 Å². The van der Waals surface area contributed by atoms with Crippen LogP contribution in [-0.2, 0) is 10.5 Å². The van der Waals surface area contributed by atoms with Crippen molar-refractivity contribution in [3.05, 3.63) is 24.2 Å². The van der Waals surface area contributed by atoms with E-state index in [0.29, 0.717) is 12.2 Å². The Bertz CT molecular complexity index is 256. The molecule has 4 heteroatoms. The topological polar surface area (TPSA) is 50.4 Å². The minimum absolute atomic E-state index is 0.310. The maximum atomic E-state index is 10.6.